The molecule has 1 rings (SSSR count). The first-order valence-corrected chi connectivity index (χ1v) is 5.15. The molecule has 1 N–H and O–H groups in total. The summed E-state index contributed by atoms with van der Waals surface area (Å²) < 4.78 is 10.4. The standard InChI is InChI=1S/C12H18O4/c1-7(6-13)9-5-10(14)8(2)11(9)12(15-3)16-4/h6,9-10,12,14H,1,5H2,2-4H3/t9-,10+/m1/s1. The van der Waals surface area contributed by atoms with Crippen molar-refractivity contribution in [3.63, 3.8) is 0 Å². The third-order valence-electron chi connectivity index (χ3n) is 3.07. The second-order valence-corrected chi connectivity index (χ2v) is 3.94. The van der Waals surface area contributed by atoms with Gasteiger partial charge in [0, 0.05) is 20.1 Å². The Morgan fingerprint density at radius 3 is 2.56 bits per heavy atom. The average Bonchev–Trinajstić information content (AvgIpc) is 2.58. The second kappa shape index (κ2) is 5.39. The molecule has 0 unspecified atom stereocenters. The van der Waals surface area contributed by atoms with Gasteiger partial charge >= 0.3 is 0 Å². The topological polar surface area (TPSA) is 55.8 Å². The largest absolute Gasteiger partial charge is 0.389 e. The summed E-state index contributed by atoms with van der Waals surface area (Å²) in [6, 6.07) is 0. The van der Waals surface area contributed by atoms with Gasteiger partial charge < -0.3 is 14.6 Å². The number of aliphatic hydroxyl groups excluding tert-OH is 1. The lowest BCUT2D eigenvalue weighted by molar-refractivity contribution is -0.105. The van der Waals surface area contributed by atoms with Crippen LogP contribution in [0.1, 0.15) is 13.3 Å². The van der Waals surface area contributed by atoms with Gasteiger partial charge in [0.2, 0.25) is 0 Å². The molecule has 0 fully saturated rings. The number of ether oxygens (including phenoxy) is 2. The van der Waals surface area contributed by atoms with Crippen molar-refractivity contribution in [2.75, 3.05) is 14.2 Å². The Kier molecular flexibility index (Phi) is 4.41. The summed E-state index contributed by atoms with van der Waals surface area (Å²) in [5, 5.41) is 9.80. The van der Waals surface area contributed by atoms with Crippen molar-refractivity contribution in [1.82, 2.24) is 0 Å². The molecule has 0 saturated carbocycles. The number of hydrogen-bond acceptors (Lipinski definition) is 4. The van der Waals surface area contributed by atoms with Gasteiger partial charge in [-0.15, -0.1) is 0 Å². The Bertz CT molecular complexity index is 315. The Hall–Kier alpha value is -0.970. The van der Waals surface area contributed by atoms with Crippen molar-refractivity contribution >= 4 is 6.29 Å². The van der Waals surface area contributed by atoms with Crippen LogP contribution in [0.5, 0.6) is 0 Å². The molecule has 1 aliphatic carbocycles. The van der Waals surface area contributed by atoms with Crippen molar-refractivity contribution in [1.29, 1.82) is 0 Å². The number of carbonyl (C=O) groups is 1. The monoisotopic (exact) mass is 226 g/mol. The summed E-state index contributed by atoms with van der Waals surface area (Å²) in [4.78, 5) is 10.8. The van der Waals surface area contributed by atoms with Crippen molar-refractivity contribution in [2.45, 2.75) is 25.7 Å². The van der Waals surface area contributed by atoms with Crippen LogP contribution in [0.15, 0.2) is 23.3 Å². The van der Waals surface area contributed by atoms with Crippen molar-refractivity contribution in [2.24, 2.45) is 5.92 Å². The molecule has 0 aromatic carbocycles. The lowest BCUT2D eigenvalue weighted by atomic mass is 9.93. The van der Waals surface area contributed by atoms with Crippen LogP contribution in [0.4, 0.5) is 0 Å². The van der Waals surface area contributed by atoms with Gasteiger partial charge in [0.1, 0.15) is 6.29 Å². The van der Waals surface area contributed by atoms with E-state index in [-0.39, 0.29) is 5.92 Å². The number of allylic oxidation sites excluding steroid dienone is 1. The molecule has 0 bridgehead atoms. The number of aldehydes is 1. The van der Waals surface area contributed by atoms with E-state index >= 15 is 0 Å². The number of aliphatic hydroxyl groups is 1. The predicted molar refractivity (Wildman–Crippen MR) is 59.8 cm³/mol. The van der Waals surface area contributed by atoms with Crippen LogP contribution in [-0.4, -0.2) is 38.0 Å². The Labute approximate surface area is 95.6 Å². The van der Waals surface area contributed by atoms with Crippen LogP contribution >= 0.6 is 0 Å². The molecule has 0 spiro atoms. The first-order valence-electron chi connectivity index (χ1n) is 5.15. The van der Waals surface area contributed by atoms with Crippen LogP contribution in [0.25, 0.3) is 0 Å². The van der Waals surface area contributed by atoms with E-state index in [4.69, 9.17) is 9.47 Å². The van der Waals surface area contributed by atoms with Crippen LogP contribution < -0.4 is 0 Å². The number of carbonyl (C=O) groups excluding carboxylic acids is 1. The molecule has 90 valence electrons. The normalized spacial score (nSPS) is 25.3. The van der Waals surface area contributed by atoms with Gasteiger partial charge in [0.15, 0.2) is 6.29 Å². The molecule has 0 radical (unpaired) electrons. The van der Waals surface area contributed by atoms with Crippen molar-refractivity contribution in [3.8, 4) is 0 Å². The molecule has 0 amide bonds. The maximum Gasteiger partial charge on any atom is 0.180 e. The lowest BCUT2D eigenvalue weighted by Gasteiger charge is -2.21. The van der Waals surface area contributed by atoms with Crippen LogP contribution in [0.2, 0.25) is 0 Å². The summed E-state index contributed by atoms with van der Waals surface area (Å²) >= 11 is 0. The number of methoxy groups -OCH3 is 2. The maximum atomic E-state index is 10.8. The van der Waals surface area contributed by atoms with E-state index in [1.54, 1.807) is 0 Å². The molecular formula is C12H18O4. The molecule has 1 aliphatic rings. The summed E-state index contributed by atoms with van der Waals surface area (Å²) in [6.07, 6.45) is 0.115. The van der Waals surface area contributed by atoms with Crippen molar-refractivity contribution < 1.29 is 19.4 Å². The highest BCUT2D eigenvalue weighted by molar-refractivity contribution is 5.74. The third kappa shape index (κ3) is 2.24. The van der Waals surface area contributed by atoms with E-state index in [0.29, 0.717) is 12.0 Å². The van der Waals surface area contributed by atoms with Gasteiger partial charge in [-0.05, 0) is 30.1 Å². The molecular weight excluding hydrogens is 208 g/mol. The van der Waals surface area contributed by atoms with Gasteiger partial charge in [0.05, 0.1) is 6.10 Å². The fourth-order valence-corrected chi connectivity index (χ4v) is 2.13. The van der Waals surface area contributed by atoms with Crippen LogP contribution in [0.3, 0.4) is 0 Å². The average molecular weight is 226 g/mol. The van der Waals surface area contributed by atoms with Gasteiger partial charge in [-0.25, -0.2) is 0 Å². The minimum Gasteiger partial charge on any atom is -0.389 e. The third-order valence-corrected chi connectivity index (χ3v) is 3.07. The zero-order chi connectivity index (χ0) is 12.3. The minimum atomic E-state index is -0.551. The number of hydrogen-bond donors (Lipinski definition) is 1. The van der Waals surface area contributed by atoms with E-state index < -0.39 is 12.4 Å². The Balaban J connectivity index is 3.05. The molecule has 0 saturated heterocycles. The summed E-state index contributed by atoms with van der Waals surface area (Å²) in [5.41, 5.74) is 2.07. The summed E-state index contributed by atoms with van der Waals surface area (Å²) in [5.74, 6) is -0.183. The van der Waals surface area contributed by atoms with E-state index in [9.17, 15) is 9.90 Å². The van der Waals surface area contributed by atoms with E-state index in [1.807, 2.05) is 6.92 Å². The zero-order valence-electron chi connectivity index (χ0n) is 9.90. The fourth-order valence-electron chi connectivity index (χ4n) is 2.13. The number of rotatable bonds is 5. The molecule has 16 heavy (non-hydrogen) atoms. The summed E-state index contributed by atoms with van der Waals surface area (Å²) in [6.45, 7) is 5.52. The molecule has 2 atom stereocenters. The summed E-state index contributed by atoms with van der Waals surface area (Å²) in [7, 11) is 3.06. The molecule has 0 aromatic rings. The molecule has 0 aliphatic heterocycles. The van der Waals surface area contributed by atoms with E-state index in [2.05, 4.69) is 6.58 Å². The molecule has 4 heteroatoms. The van der Waals surface area contributed by atoms with Gasteiger partial charge in [-0.2, -0.15) is 0 Å². The molecule has 0 aromatic heterocycles. The smallest absolute Gasteiger partial charge is 0.180 e. The predicted octanol–water partition coefficient (Wildman–Crippen LogP) is 1.06. The quantitative estimate of drug-likeness (QED) is 0.329. The van der Waals surface area contributed by atoms with Gasteiger partial charge in [-0.1, -0.05) is 6.58 Å². The lowest BCUT2D eigenvalue weighted by Crippen LogP contribution is -2.22. The first-order chi connectivity index (χ1) is 7.56. The van der Waals surface area contributed by atoms with Gasteiger partial charge in [0.25, 0.3) is 0 Å². The van der Waals surface area contributed by atoms with Crippen LogP contribution in [0, 0.1) is 5.92 Å². The van der Waals surface area contributed by atoms with E-state index in [1.165, 1.54) is 14.2 Å². The minimum absolute atomic E-state index is 0.183. The fraction of sp³-hybridized carbons (Fsp3) is 0.583. The van der Waals surface area contributed by atoms with Gasteiger partial charge in [-0.3, -0.25) is 4.79 Å². The SMILES string of the molecule is C=C(C=O)[C@H]1C[C@H](O)C(C)=C1C(OC)OC. The Morgan fingerprint density at radius 2 is 2.12 bits per heavy atom. The highest BCUT2D eigenvalue weighted by Crippen LogP contribution is 2.38. The molecule has 0 heterocycles. The second-order valence-electron chi connectivity index (χ2n) is 3.94. The Morgan fingerprint density at radius 1 is 1.56 bits per heavy atom. The first kappa shape index (κ1) is 13.1. The zero-order valence-corrected chi connectivity index (χ0v) is 9.90. The highest BCUT2D eigenvalue weighted by Gasteiger charge is 2.36. The molecule has 4 nitrogen and oxygen atoms in total. The highest BCUT2D eigenvalue weighted by atomic mass is 16.7. The van der Waals surface area contributed by atoms with Crippen LogP contribution in [-0.2, 0) is 14.3 Å². The van der Waals surface area contributed by atoms with E-state index in [0.717, 1.165) is 17.4 Å². The maximum absolute atomic E-state index is 10.8. The van der Waals surface area contributed by atoms with Crippen molar-refractivity contribution in [3.05, 3.63) is 23.3 Å².